The molecule has 0 radical (unpaired) electrons. The molecule has 0 spiro atoms. The zero-order valence-electron chi connectivity index (χ0n) is 19.9. The van der Waals surface area contributed by atoms with Crippen LogP contribution in [0.4, 0.5) is 9.18 Å². The lowest BCUT2D eigenvalue weighted by Crippen LogP contribution is -2.73. The molecule has 2 saturated heterocycles. The van der Waals surface area contributed by atoms with Gasteiger partial charge >= 0.3 is 6.03 Å². The summed E-state index contributed by atoms with van der Waals surface area (Å²) in [4.78, 5) is 43.3. The molecule has 4 amide bonds. The van der Waals surface area contributed by atoms with E-state index in [1.807, 2.05) is 30.3 Å². The number of fused-ring (bicyclic) bond motifs is 1. The molecule has 2 atom stereocenters. The second kappa shape index (κ2) is 10.8. The van der Waals surface area contributed by atoms with E-state index >= 15 is 0 Å². The summed E-state index contributed by atoms with van der Waals surface area (Å²) in [6, 6.07) is 13.8. The fraction of sp³-hybridized carbons (Fsp3) is 0.400. The van der Waals surface area contributed by atoms with Gasteiger partial charge in [-0.05, 0) is 29.7 Å². The molecule has 10 heteroatoms. The first kappa shape index (κ1) is 24.6. The van der Waals surface area contributed by atoms with E-state index < -0.39 is 18.2 Å². The summed E-state index contributed by atoms with van der Waals surface area (Å²) in [5.74, 6) is -0.746. The van der Waals surface area contributed by atoms with Crippen molar-refractivity contribution in [2.75, 3.05) is 40.4 Å². The number of urea groups is 1. The normalized spacial score (nSPS) is 20.7. The molecule has 4 rings (SSSR count). The average Bonchev–Trinajstić information content (AvgIpc) is 2.85. The second-order valence-corrected chi connectivity index (χ2v) is 8.67. The Morgan fingerprint density at radius 3 is 2.51 bits per heavy atom. The third-order valence-electron chi connectivity index (χ3n) is 6.29. The van der Waals surface area contributed by atoms with Gasteiger partial charge in [-0.15, -0.1) is 0 Å². The van der Waals surface area contributed by atoms with E-state index in [9.17, 15) is 18.8 Å². The highest BCUT2D eigenvalue weighted by Crippen LogP contribution is 2.34. The highest BCUT2D eigenvalue weighted by molar-refractivity contribution is 5.92. The standard InChI is InChI=1S/C25H30FN5O4/c1-28-17-22(32)30-21(31(28)25(34)27-15-18-9-11-20(26)12-10-18)16-29(13-6-14-35-2)24(33)23(30)19-7-4-3-5-8-19/h3-5,7-12,21,23H,6,13-17H2,1-2H3,(H,27,34)/t21-,23-/m0/s1. The van der Waals surface area contributed by atoms with Gasteiger partial charge in [0, 0.05) is 33.9 Å². The molecular weight excluding hydrogens is 453 g/mol. The molecule has 2 aliphatic heterocycles. The van der Waals surface area contributed by atoms with Gasteiger partial charge in [0.05, 0.1) is 13.1 Å². The number of carbonyl (C=O) groups excluding carboxylic acids is 3. The Bertz CT molecular complexity index is 1050. The van der Waals surface area contributed by atoms with Crippen LogP contribution in [0.3, 0.4) is 0 Å². The number of likely N-dealkylation sites (N-methyl/N-ethyl adjacent to an activating group) is 1. The molecule has 9 nitrogen and oxygen atoms in total. The van der Waals surface area contributed by atoms with Crippen molar-refractivity contribution in [3.63, 3.8) is 0 Å². The Labute approximate surface area is 204 Å². The summed E-state index contributed by atoms with van der Waals surface area (Å²) in [7, 11) is 3.28. The molecule has 0 aliphatic carbocycles. The van der Waals surface area contributed by atoms with Gasteiger partial charge in [0.25, 0.3) is 0 Å². The maximum Gasteiger partial charge on any atom is 0.334 e. The van der Waals surface area contributed by atoms with Crippen LogP contribution in [0.25, 0.3) is 0 Å². The number of hydrazine groups is 1. The van der Waals surface area contributed by atoms with Crippen LogP contribution < -0.4 is 5.32 Å². The average molecular weight is 484 g/mol. The lowest BCUT2D eigenvalue weighted by Gasteiger charge is -2.54. The number of methoxy groups -OCH3 is 1. The first-order chi connectivity index (χ1) is 16.9. The topological polar surface area (TPSA) is 85.4 Å². The zero-order chi connectivity index (χ0) is 24.9. The van der Waals surface area contributed by atoms with Crippen molar-refractivity contribution in [3.05, 3.63) is 71.5 Å². The van der Waals surface area contributed by atoms with Crippen LogP contribution in [0.1, 0.15) is 23.6 Å². The van der Waals surface area contributed by atoms with Crippen LogP contribution in [0, 0.1) is 5.82 Å². The molecule has 35 heavy (non-hydrogen) atoms. The maximum absolute atomic E-state index is 13.5. The van der Waals surface area contributed by atoms with E-state index in [-0.39, 0.29) is 37.3 Å². The van der Waals surface area contributed by atoms with Gasteiger partial charge in [0.2, 0.25) is 11.8 Å². The molecule has 2 aromatic carbocycles. The number of piperazine rings is 1. The smallest absolute Gasteiger partial charge is 0.334 e. The van der Waals surface area contributed by atoms with Crippen molar-refractivity contribution in [2.45, 2.75) is 25.2 Å². The first-order valence-corrected chi connectivity index (χ1v) is 11.6. The number of nitrogens with one attached hydrogen (secondary N) is 1. The summed E-state index contributed by atoms with van der Waals surface area (Å²) >= 11 is 0. The minimum atomic E-state index is -0.828. The van der Waals surface area contributed by atoms with Crippen molar-refractivity contribution < 1.29 is 23.5 Å². The quantitative estimate of drug-likeness (QED) is 0.609. The van der Waals surface area contributed by atoms with E-state index in [0.717, 1.165) is 5.56 Å². The molecular formula is C25H30FN5O4. The third-order valence-corrected chi connectivity index (χ3v) is 6.29. The summed E-state index contributed by atoms with van der Waals surface area (Å²) in [5.41, 5.74) is 1.44. The highest BCUT2D eigenvalue weighted by atomic mass is 19.1. The van der Waals surface area contributed by atoms with Gasteiger partial charge < -0.3 is 19.9 Å². The summed E-state index contributed by atoms with van der Waals surface area (Å²) in [6.45, 7) is 1.29. The lowest BCUT2D eigenvalue weighted by molar-refractivity contribution is -0.187. The van der Waals surface area contributed by atoms with Crippen LogP contribution in [-0.2, 0) is 20.9 Å². The molecule has 186 valence electrons. The Morgan fingerprint density at radius 2 is 1.83 bits per heavy atom. The SMILES string of the molecule is COCCCN1C[C@H]2N(C(=O)CN(C)N2C(=O)NCc2ccc(F)cc2)[C@@H](c2ccccc2)C1=O. The predicted molar refractivity (Wildman–Crippen MR) is 126 cm³/mol. The van der Waals surface area contributed by atoms with E-state index in [0.29, 0.717) is 25.1 Å². The molecule has 2 aromatic rings. The van der Waals surface area contributed by atoms with Crippen LogP contribution in [0.15, 0.2) is 54.6 Å². The Balaban J connectivity index is 1.61. The van der Waals surface area contributed by atoms with Gasteiger partial charge in [0.15, 0.2) is 0 Å². The molecule has 0 unspecified atom stereocenters. The summed E-state index contributed by atoms with van der Waals surface area (Å²) in [6.07, 6.45) is -0.0447. The molecule has 2 aliphatic rings. The van der Waals surface area contributed by atoms with Crippen LogP contribution >= 0.6 is 0 Å². The number of ether oxygens (including phenoxy) is 1. The van der Waals surface area contributed by atoms with Crippen LogP contribution in [0.2, 0.25) is 0 Å². The van der Waals surface area contributed by atoms with Crippen molar-refractivity contribution in [1.82, 2.24) is 25.1 Å². The Morgan fingerprint density at radius 1 is 1.11 bits per heavy atom. The van der Waals surface area contributed by atoms with Crippen molar-refractivity contribution >= 4 is 17.8 Å². The number of benzene rings is 2. The number of amides is 4. The fourth-order valence-corrected chi connectivity index (χ4v) is 4.62. The Hall–Kier alpha value is -3.50. The molecule has 2 fully saturated rings. The third kappa shape index (κ3) is 5.28. The van der Waals surface area contributed by atoms with E-state index in [4.69, 9.17) is 4.74 Å². The maximum atomic E-state index is 13.5. The van der Waals surface area contributed by atoms with Gasteiger partial charge in [-0.3, -0.25) is 9.59 Å². The van der Waals surface area contributed by atoms with Gasteiger partial charge in [0.1, 0.15) is 18.0 Å². The Kier molecular flexibility index (Phi) is 7.62. The molecule has 0 bridgehead atoms. The summed E-state index contributed by atoms with van der Waals surface area (Å²) in [5, 5.41) is 5.94. The molecule has 1 N–H and O–H groups in total. The monoisotopic (exact) mass is 483 g/mol. The highest BCUT2D eigenvalue weighted by Gasteiger charge is 2.51. The van der Waals surface area contributed by atoms with Crippen molar-refractivity contribution in [3.8, 4) is 0 Å². The lowest BCUT2D eigenvalue weighted by atomic mass is 9.98. The number of nitrogens with zero attached hydrogens (tertiary/aromatic N) is 4. The van der Waals surface area contributed by atoms with Crippen LogP contribution in [-0.4, -0.2) is 84.2 Å². The van der Waals surface area contributed by atoms with E-state index in [1.165, 1.54) is 22.0 Å². The molecule has 0 aromatic heterocycles. The van der Waals surface area contributed by atoms with Crippen LogP contribution in [0.5, 0.6) is 0 Å². The number of hydrogen-bond acceptors (Lipinski definition) is 5. The zero-order valence-corrected chi connectivity index (χ0v) is 19.9. The van der Waals surface area contributed by atoms with Gasteiger partial charge in [-0.1, -0.05) is 42.5 Å². The van der Waals surface area contributed by atoms with E-state index in [2.05, 4.69) is 5.32 Å². The second-order valence-electron chi connectivity index (χ2n) is 8.67. The van der Waals surface area contributed by atoms with Gasteiger partial charge in [-0.2, -0.15) is 0 Å². The minimum Gasteiger partial charge on any atom is -0.385 e. The van der Waals surface area contributed by atoms with Crippen molar-refractivity contribution in [1.29, 1.82) is 0 Å². The number of carbonyl (C=O) groups is 3. The van der Waals surface area contributed by atoms with Crippen molar-refractivity contribution in [2.24, 2.45) is 0 Å². The van der Waals surface area contributed by atoms with Gasteiger partial charge in [-0.25, -0.2) is 19.2 Å². The largest absolute Gasteiger partial charge is 0.385 e. The molecule has 0 saturated carbocycles. The molecule has 2 heterocycles. The number of hydrogen-bond donors (Lipinski definition) is 1. The first-order valence-electron chi connectivity index (χ1n) is 11.6. The number of rotatable bonds is 7. The van der Waals surface area contributed by atoms with E-state index in [1.54, 1.807) is 36.2 Å². The minimum absolute atomic E-state index is 0.0409. The predicted octanol–water partition coefficient (Wildman–Crippen LogP) is 1.97. The number of halogens is 1. The summed E-state index contributed by atoms with van der Waals surface area (Å²) < 4.78 is 18.4. The fourth-order valence-electron chi connectivity index (χ4n) is 4.62.